The molecule has 4 rings (SSSR count). The highest BCUT2D eigenvalue weighted by atomic mass is 19.4. The van der Waals surface area contributed by atoms with Crippen LogP contribution in [0.3, 0.4) is 0 Å². The van der Waals surface area contributed by atoms with Crippen molar-refractivity contribution in [3.05, 3.63) is 47.5 Å². The third kappa shape index (κ3) is 10.4. The van der Waals surface area contributed by atoms with Crippen molar-refractivity contribution < 1.29 is 31.5 Å². The van der Waals surface area contributed by atoms with E-state index in [0.717, 1.165) is 12.0 Å². The number of halogens is 5. The number of fused-ring (bicyclic) bond motifs is 1. The van der Waals surface area contributed by atoms with Gasteiger partial charge in [0.05, 0.1) is 30.0 Å². The summed E-state index contributed by atoms with van der Waals surface area (Å²) in [6, 6.07) is 6.59. The monoisotopic (exact) mass is 584 g/mol. The summed E-state index contributed by atoms with van der Waals surface area (Å²) in [4.78, 5) is 32.0. The van der Waals surface area contributed by atoms with E-state index >= 15 is 0 Å². The number of hydrogen-bond donors (Lipinski definition) is 3. The summed E-state index contributed by atoms with van der Waals surface area (Å²) < 4.78 is 63.2. The molecule has 1 saturated carbocycles. The number of aromatic amines is 1. The third-order valence-electron chi connectivity index (χ3n) is 6.69. The Bertz CT molecular complexity index is 1290. The molecule has 3 aromatic rings. The third-order valence-corrected chi connectivity index (χ3v) is 6.69. The number of nitrogens with one attached hydrogen (secondary N) is 3. The van der Waals surface area contributed by atoms with Crippen LogP contribution in [0.4, 0.5) is 22.0 Å². The van der Waals surface area contributed by atoms with Gasteiger partial charge in [-0.05, 0) is 48.9 Å². The lowest BCUT2D eigenvalue weighted by atomic mass is 9.96. The Morgan fingerprint density at radius 1 is 1.12 bits per heavy atom. The van der Waals surface area contributed by atoms with Gasteiger partial charge in [-0.15, -0.1) is 0 Å². The van der Waals surface area contributed by atoms with Gasteiger partial charge in [0, 0.05) is 32.5 Å². The molecule has 0 radical (unpaired) electrons. The fourth-order valence-corrected chi connectivity index (χ4v) is 4.57. The van der Waals surface area contributed by atoms with E-state index in [1.54, 1.807) is 25.2 Å². The van der Waals surface area contributed by atoms with Crippen LogP contribution in [0.25, 0.3) is 11.0 Å². The zero-order valence-corrected chi connectivity index (χ0v) is 23.5. The van der Waals surface area contributed by atoms with Gasteiger partial charge in [-0.25, -0.2) is 13.8 Å². The summed E-state index contributed by atoms with van der Waals surface area (Å²) in [5.41, 5.74) is 2.57. The predicted octanol–water partition coefficient (Wildman–Crippen LogP) is 6.36. The SMILES string of the molecule is CC(C)CC(NC(=O)CCC(F)(F)F)c1ccc2nc(CNC(=O)c3ccnn3C)[nH]c2c1.FC1(F)CCCCC1. The number of benzene rings is 1. The number of carbonyl (C=O) groups is 2. The van der Waals surface area contributed by atoms with Crippen molar-refractivity contribution in [2.24, 2.45) is 13.0 Å². The van der Waals surface area contributed by atoms with Crippen LogP contribution in [0.2, 0.25) is 0 Å². The number of aromatic nitrogens is 4. The van der Waals surface area contributed by atoms with Crippen LogP contribution < -0.4 is 10.6 Å². The Labute approximate surface area is 235 Å². The molecule has 1 aromatic carbocycles. The van der Waals surface area contributed by atoms with Crippen LogP contribution in [0, 0.1) is 5.92 Å². The molecule has 0 bridgehead atoms. The fourth-order valence-electron chi connectivity index (χ4n) is 4.57. The zero-order valence-electron chi connectivity index (χ0n) is 23.5. The molecule has 1 aliphatic carbocycles. The Kier molecular flexibility index (Phi) is 10.9. The molecule has 2 heterocycles. The molecule has 2 amide bonds. The van der Waals surface area contributed by atoms with E-state index in [4.69, 9.17) is 0 Å². The van der Waals surface area contributed by atoms with E-state index in [9.17, 15) is 31.5 Å². The molecule has 0 aliphatic heterocycles. The molecule has 0 spiro atoms. The second-order valence-electron chi connectivity index (χ2n) is 10.8. The van der Waals surface area contributed by atoms with Gasteiger partial charge in [-0.1, -0.05) is 26.3 Å². The van der Waals surface area contributed by atoms with Gasteiger partial charge in [0.15, 0.2) is 0 Å². The average molecular weight is 585 g/mol. The lowest BCUT2D eigenvalue weighted by molar-refractivity contribution is -0.144. The van der Waals surface area contributed by atoms with Crippen LogP contribution >= 0.6 is 0 Å². The number of carbonyl (C=O) groups excluding carboxylic acids is 2. The molecule has 13 heteroatoms. The molecular weight excluding hydrogens is 547 g/mol. The van der Waals surface area contributed by atoms with E-state index in [1.165, 1.54) is 10.9 Å². The standard InChI is InChI=1S/C22H27F3N6O2.C6H10F2/c1-13(2)10-16(30-20(32)6-8-22(23,24)25)14-4-5-15-17(11-14)29-19(28-15)12-26-21(33)18-7-9-27-31(18)3;7-6(8)4-2-1-3-5-6/h4-5,7,9,11,13,16H,6,8,10,12H2,1-3H3,(H,26,33)(H,28,29)(H,30,32);1-5H2. The second-order valence-corrected chi connectivity index (χ2v) is 10.8. The van der Waals surface area contributed by atoms with Crippen molar-refractivity contribution in [2.75, 3.05) is 0 Å². The predicted molar refractivity (Wildman–Crippen MR) is 144 cm³/mol. The highest BCUT2D eigenvalue weighted by Gasteiger charge is 2.30. The van der Waals surface area contributed by atoms with Crippen molar-refractivity contribution in [3.63, 3.8) is 0 Å². The number of amides is 2. The molecule has 3 N–H and O–H groups in total. The normalized spacial score (nSPS) is 15.7. The lowest BCUT2D eigenvalue weighted by Crippen LogP contribution is -2.30. The summed E-state index contributed by atoms with van der Waals surface area (Å²) in [5.74, 6) is -2.48. The zero-order chi connectivity index (χ0) is 30.2. The van der Waals surface area contributed by atoms with Gasteiger partial charge in [0.2, 0.25) is 11.8 Å². The molecular formula is C28H37F5N6O2. The highest BCUT2D eigenvalue weighted by Crippen LogP contribution is 2.32. The van der Waals surface area contributed by atoms with Gasteiger partial charge in [-0.2, -0.15) is 18.3 Å². The van der Waals surface area contributed by atoms with E-state index in [-0.39, 0.29) is 31.2 Å². The maximum absolute atomic E-state index is 12.5. The topological polar surface area (TPSA) is 105 Å². The lowest BCUT2D eigenvalue weighted by Gasteiger charge is -2.21. The largest absolute Gasteiger partial charge is 0.389 e. The number of imidazole rings is 1. The number of aryl methyl sites for hydroxylation is 1. The average Bonchev–Trinajstić information content (AvgIpc) is 3.50. The summed E-state index contributed by atoms with van der Waals surface area (Å²) in [6.07, 6.45) is -1.36. The maximum atomic E-state index is 12.5. The molecule has 226 valence electrons. The fraction of sp³-hybridized carbons (Fsp3) is 0.571. The minimum absolute atomic E-state index is 0.118. The summed E-state index contributed by atoms with van der Waals surface area (Å²) in [5, 5.41) is 9.47. The van der Waals surface area contributed by atoms with E-state index < -0.39 is 36.9 Å². The summed E-state index contributed by atoms with van der Waals surface area (Å²) in [7, 11) is 1.67. The van der Waals surface area contributed by atoms with Crippen LogP contribution in [-0.4, -0.2) is 43.7 Å². The first-order valence-corrected chi connectivity index (χ1v) is 13.7. The molecule has 8 nitrogen and oxygen atoms in total. The second kappa shape index (κ2) is 13.9. The smallest absolute Gasteiger partial charge is 0.349 e. The van der Waals surface area contributed by atoms with Crippen molar-refractivity contribution in [2.45, 2.75) is 89.9 Å². The van der Waals surface area contributed by atoms with Crippen LogP contribution in [-0.2, 0) is 18.4 Å². The van der Waals surface area contributed by atoms with Crippen molar-refractivity contribution in [1.82, 2.24) is 30.4 Å². The van der Waals surface area contributed by atoms with E-state index in [1.807, 2.05) is 19.9 Å². The number of nitrogens with zero attached hydrogens (tertiary/aromatic N) is 3. The highest BCUT2D eigenvalue weighted by molar-refractivity contribution is 5.92. The van der Waals surface area contributed by atoms with E-state index in [0.29, 0.717) is 41.8 Å². The molecule has 41 heavy (non-hydrogen) atoms. The Balaban J connectivity index is 0.000000496. The minimum atomic E-state index is -4.37. The quantitative estimate of drug-likeness (QED) is 0.255. The van der Waals surface area contributed by atoms with Crippen molar-refractivity contribution in [1.29, 1.82) is 0 Å². The van der Waals surface area contributed by atoms with Crippen LogP contribution in [0.5, 0.6) is 0 Å². The van der Waals surface area contributed by atoms with Gasteiger partial charge < -0.3 is 15.6 Å². The molecule has 1 unspecified atom stereocenters. The number of H-pyrrole nitrogens is 1. The molecule has 1 fully saturated rings. The van der Waals surface area contributed by atoms with Gasteiger partial charge in [0.25, 0.3) is 5.91 Å². The first kappa shape index (κ1) is 32.0. The first-order chi connectivity index (χ1) is 19.2. The number of alkyl halides is 5. The number of rotatable bonds is 9. The van der Waals surface area contributed by atoms with Gasteiger partial charge >= 0.3 is 6.18 Å². The Morgan fingerprint density at radius 2 is 1.83 bits per heavy atom. The first-order valence-electron chi connectivity index (χ1n) is 13.7. The summed E-state index contributed by atoms with van der Waals surface area (Å²) >= 11 is 0. The minimum Gasteiger partial charge on any atom is -0.349 e. The molecule has 1 atom stereocenters. The molecule has 2 aromatic heterocycles. The van der Waals surface area contributed by atoms with Crippen LogP contribution in [0.1, 0.15) is 93.1 Å². The molecule has 1 aliphatic rings. The summed E-state index contributed by atoms with van der Waals surface area (Å²) in [6.45, 7) is 4.14. The number of hydrogen-bond acceptors (Lipinski definition) is 4. The molecule has 0 saturated heterocycles. The Morgan fingerprint density at radius 3 is 2.39 bits per heavy atom. The van der Waals surface area contributed by atoms with Gasteiger partial charge in [-0.3, -0.25) is 14.3 Å². The Hall–Kier alpha value is -3.51. The van der Waals surface area contributed by atoms with Crippen molar-refractivity contribution in [3.8, 4) is 0 Å². The van der Waals surface area contributed by atoms with Gasteiger partial charge in [0.1, 0.15) is 11.5 Å². The van der Waals surface area contributed by atoms with Crippen LogP contribution in [0.15, 0.2) is 30.5 Å². The van der Waals surface area contributed by atoms with Crippen molar-refractivity contribution >= 4 is 22.8 Å². The maximum Gasteiger partial charge on any atom is 0.389 e. The van der Waals surface area contributed by atoms with E-state index in [2.05, 4.69) is 25.7 Å².